The van der Waals surface area contributed by atoms with Gasteiger partial charge in [0, 0.05) is 5.02 Å². The van der Waals surface area contributed by atoms with Crippen molar-refractivity contribution in [1.29, 1.82) is 0 Å². The number of esters is 1. The van der Waals surface area contributed by atoms with Crippen LogP contribution in [0.25, 0.3) is 0 Å². The summed E-state index contributed by atoms with van der Waals surface area (Å²) in [5.41, 5.74) is 0. The molecule has 0 amide bonds. The van der Waals surface area contributed by atoms with Gasteiger partial charge in [-0.05, 0) is 18.2 Å². The summed E-state index contributed by atoms with van der Waals surface area (Å²) >= 11 is 16.9. The average Bonchev–Trinajstić information content (AvgIpc) is 2.25. The van der Waals surface area contributed by atoms with Gasteiger partial charge in [0.2, 0.25) is 0 Å². The molecule has 0 radical (unpaired) electrons. The van der Waals surface area contributed by atoms with Crippen LogP contribution in [0.1, 0.15) is 0 Å². The first kappa shape index (κ1) is 13.4. The van der Waals surface area contributed by atoms with Crippen molar-refractivity contribution in [2.24, 2.45) is 0 Å². The van der Waals surface area contributed by atoms with Gasteiger partial charge in [-0.15, -0.1) is 11.6 Å². The smallest absolute Gasteiger partial charge is 0.344 e. The van der Waals surface area contributed by atoms with Gasteiger partial charge in [0.1, 0.15) is 12.4 Å². The summed E-state index contributed by atoms with van der Waals surface area (Å²) < 4.78 is 9.85. The van der Waals surface area contributed by atoms with Crippen molar-refractivity contribution in [3.05, 3.63) is 28.2 Å². The van der Waals surface area contributed by atoms with Crippen molar-refractivity contribution in [2.45, 2.75) is 0 Å². The highest BCUT2D eigenvalue weighted by atomic mass is 35.5. The Labute approximate surface area is 108 Å². The molecule has 3 nitrogen and oxygen atoms in total. The number of rotatable bonds is 5. The van der Waals surface area contributed by atoms with Crippen molar-refractivity contribution in [1.82, 2.24) is 0 Å². The van der Waals surface area contributed by atoms with Crippen LogP contribution in [0.5, 0.6) is 5.75 Å². The van der Waals surface area contributed by atoms with E-state index in [0.717, 1.165) is 0 Å². The summed E-state index contributed by atoms with van der Waals surface area (Å²) in [6.45, 7) is -0.0453. The highest BCUT2D eigenvalue weighted by molar-refractivity contribution is 6.35. The normalized spacial score (nSPS) is 9.94. The minimum Gasteiger partial charge on any atom is -0.480 e. The summed E-state index contributed by atoms with van der Waals surface area (Å²) in [4.78, 5) is 11.1. The second kappa shape index (κ2) is 6.84. The van der Waals surface area contributed by atoms with E-state index in [2.05, 4.69) is 0 Å². The van der Waals surface area contributed by atoms with Crippen molar-refractivity contribution < 1.29 is 14.3 Å². The van der Waals surface area contributed by atoms with Crippen LogP contribution in [-0.4, -0.2) is 25.1 Å². The molecule has 0 aromatic heterocycles. The van der Waals surface area contributed by atoms with E-state index in [9.17, 15) is 4.79 Å². The molecule has 0 saturated carbocycles. The standard InChI is InChI=1S/C10H9Cl3O3/c11-3-4-15-10(14)6-16-9-2-1-7(12)5-8(9)13/h1-2,5H,3-4,6H2. The molecule has 0 aliphatic carbocycles. The summed E-state index contributed by atoms with van der Waals surface area (Å²) in [6, 6.07) is 4.73. The summed E-state index contributed by atoms with van der Waals surface area (Å²) in [7, 11) is 0. The Kier molecular flexibility index (Phi) is 5.74. The van der Waals surface area contributed by atoms with Gasteiger partial charge in [0.15, 0.2) is 6.61 Å². The van der Waals surface area contributed by atoms with Crippen LogP contribution >= 0.6 is 34.8 Å². The first-order valence-electron chi connectivity index (χ1n) is 4.43. The van der Waals surface area contributed by atoms with E-state index >= 15 is 0 Å². The molecule has 88 valence electrons. The van der Waals surface area contributed by atoms with E-state index in [1.54, 1.807) is 12.1 Å². The van der Waals surface area contributed by atoms with Crippen molar-refractivity contribution in [3.8, 4) is 5.75 Å². The van der Waals surface area contributed by atoms with E-state index in [1.165, 1.54) is 6.07 Å². The lowest BCUT2D eigenvalue weighted by Crippen LogP contribution is -2.16. The summed E-state index contributed by atoms with van der Waals surface area (Å²) in [5.74, 6) is 0.147. The van der Waals surface area contributed by atoms with Crippen LogP contribution in [0.4, 0.5) is 0 Å². The third-order valence-electron chi connectivity index (χ3n) is 1.58. The summed E-state index contributed by atoms with van der Waals surface area (Å²) in [6.07, 6.45) is 0. The maximum absolute atomic E-state index is 11.1. The summed E-state index contributed by atoms with van der Waals surface area (Å²) in [5, 5.41) is 0.847. The number of carbonyl (C=O) groups is 1. The second-order valence-electron chi connectivity index (χ2n) is 2.77. The molecule has 0 bridgehead atoms. The van der Waals surface area contributed by atoms with Gasteiger partial charge in [-0.2, -0.15) is 0 Å². The topological polar surface area (TPSA) is 35.5 Å². The lowest BCUT2D eigenvalue weighted by atomic mass is 10.3. The molecule has 0 aliphatic rings. The number of ether oxygens (including phenoxy) is 2. The molecule has 0 unspecified atom stereocenters. The van der Waals surface area contributed by atoms with Gasteiger partial charge in [0.25, 0.3) is 0 Å². The minimum atomic E-state index is -0.494. The number of alkyl halides is 1. The average molecular weight is 284 g/mol. The molecule has 0 N–H and O–H groups in total. The molecule has 0 atom stereocenters. The molecular weight excluding hydrogens is 274 g/mol. The van der Waals surface area contributed by atoms with Crippen LogP contribution in [0.2, 0.25) is 10.0 Å². The first-order chi connectivity index (χ1) is 7.63. The van der Waals surface area contributed by atoms with Gasteiger partial charge in [-0.3, -0.25) is 0 Å². The lowest BCUT2D eigenvalue weighted by Gasteiger charge is -2.07. The quantitative estimate of drug-likeness (QED) is 0.615. The third kappa shape index (κ3) is 4.47. The number of hydrogen-bond donors (Lipinski definition) is 0. The number of benzene rings is 1. The zero-order valence-electron chi connectivity index (χ0n) is 8.21. The van der Waals surface area contributed by atoms with Gasteiger partial charge in [-0.25, -0.2) is 4.79 Å². The zero-order chi connectivity index (χ0) is 12.0. The minimum absolute atomic E-state index is 0.165. The first-order valence-corrected chi connectivity index (χ1v) is 5.72. The highest BCUT2D eigenvalue weighted by Gasteiger charge is 2.06. The molecule has 0 aliphatic heterocycles. The lowest BCUT2D eigenvalue weighted by molar-refractivity contribution is -0.145. The Morgan fingerprint density at radius 1 is 1.31 bits per heavy atom. The fourth-order valence-electron chi connectivity index (χ4n) is 0.923. The van der Waals surface area contributed by atoms with Crippen molar-refractivity contribution in [2.75, 3.05) is 19.1 Å². The number of carbonyl (C=O) groups excluding carboxylic acids is 1. The van der Waals surface area contributed by atoms with Gasteiger partial charge in [-0.1, -0.05) is 23.2 Å². The number of halogens is 3. The molecule has 0 heterocycles. The van der Waals surface area contributed by atoms with Gasteiger partial charge >= 0.3 is 5.97 Å². The Morgan fingerprint density at radius 2 is 2.06 bits per heavy atom. The molecule has 0 spiro atoms. The van der Waals surface area contributed by atoms with Crippen LogP contribution in [0.15, 0.2) is 18.2 Å². The molecular formula is C10H9Cl3O3. The molecule has 6 heteroatoms. The fraction of sp³-hybridized carbons (Fsp3) is 0.300. The van der Waals surface area contributed by atoms with Crippen LogP contribution in [-0.2, 0) is 9.53 Å². The largest absolute Gasteiger partial charge is 0.480 e. The van der Waals surface area contributed by atoms with Crippen LogP contribution < -0.4 is 4.74 Å². The van der Waals surface area contributed by atoms with E-state index in [4.69, 9.17) is 44.3 Å². The third-order valence-corrected chi connectivity index (χ3v) is 2.26. The van der Waals surface area contributed by atoms with Crippen molar-refractivity contribution >= 4 is 40.8 Å². The highest BCUT2D eigenvalue weighted by Crippen LogP contribution is 2.27. The van der Waals surface area contributed by atoms with E-state index in [-0.39, 0.29) is 19.1 Å². The Hall–Kier alpha value is -0.640. The van der Waals surface area contributed by atoms with Crippen LogP contribution in [0, 0.1) is 0 Å². The predicted octanol–water partition coefficient (Wildman–Crippen LogP) is 3.15. The van der Waals surface area contributed by atoms with Gasteiger partial charge in [0.05, 0.1) is 10.9 Å². The second-order valence-corrected chi connectivity index (χ2v) is 3.99. The Morgan fingerprint density at radius 3 is 2.69 bits per heavy atom. The maximum Gasteiger partial charge on any atom is 0.344 e. The van der Waals surface area contributed by atoms with Crippen molar-refractivity contribution in [3.63, 3.8) is 0 Å². The number of hydrogen-bond acceptors (Lipinski definition) is 3. The SMILES string of the molecule is O=C(COc1ccc(Cl)cc1Cl)OCCCl. The van der Waals surface area contributed by atoms with E-state index < -0.39 is 5.97 Å². The van der Waals surface area contributed by atoms with Crippen LogP contribution in [0.3, 0.4) is 0 Å². The molecule has 1 aromatic rings. The molecule has 0 saturated heterocycles. The van der Waals surface area contributed by atoms with Gasteiger partial charge < -0.3 is 9.47 Å². The Balaban J connectivity index is 2.45. The fourth-order valence-corrected chi connectivity index (χ4v) is 1.46. The Bertz CT molecular complexity index is 368. The van der Waals surface area contributed by atoms with E-state index in [1.807, 2.05) is 0 Å². The van der Waals surface area contributed by atoms with E-state index in [0.29, 0.717) is 15.8 Å². The molecule has 0 fully saturated rings. The molecule has 1 aromatic carbocycles. The maximum atomic E-state index is 11.1. The predicted molar refractivity (Wildman–Crippen MR) is 63.6 cm³/mol. The molecule has 16 heavy (non-hydrogen) atoms. The zero-order valence-corrected chi connectivity index (χ0v) is 10.5. The molecule has 1 rings (SSSR count). The monoisotopic (exact) mass is 282 g/mol.